The Morgan fingerprint density at radius 3 is 2.57 bits per heavy atom. The van der Waals surface area contributed by atoms with Crippen molar-refractivity contribution in [1.29, 1.82) is 0 Å². The van der Waals surface area contributed by atoms with E-state index in [1.54, 1.807) is 43.5 Å². The summed E-state index contributed by atoms with van der Waals surface area (Å²) < 4.78 is 33.8. The van der Waals surface area contributed by atoms with Crippen LogP contribution in [0.1, 0.15) is 34.7 Å². The van der Waals surface area contributed by atoms with Crippen LogP contribution in [-0.2, 0) is 10.0 Å². The molecule has 0 aliphatic rings. The van der Waals surface area contributed by atoms with E-state index in [1.807, 2.05) is 13.0 Å². The molecule has 0 fully saturated rings. The SMILES string of the molecule is Cc1ccn2nc(C(C)Nc3ncnc(N)c3C(=O)Oc3cc(O)cc(NS(C)(=O)=O)c3)n(-c3ccccc3)c(=O)c12. The van der Waals surface area contributed by atoms with Gasteiger partial charge in [-0.15, -0.1) is 0 Å². The molecule has 5 aromatic rings. The van der Waals surface area contributed by atoms with Crippen LogP contribution >= 0.6 is 0 Å². The third-order valence-electron chi connectivity index (χ3n) is 6.15. The van der Waals surface area contributed by atoms with Crippen molar-refractivity contribution in [1.82, 2.24) is 24.1 Å². The van der Waals surface area contributed by atoms with Gasteiger partial charge in [-0.05, 0) is 37.6 Å². The van der Waals surface area contributed by atoms with Crippen LogP contribution in [0, 0.1) is 6.92 Å². The maximum Gasteiger partial charge on any atom is 0.351 e. The van der Waals surface area contributed by atoms with Gasteiger partial charge in [-0.25, -0.2) is 27.7 Å². The van der Waals surface area contributed by atoms with Gasteiger partial charge >= 0.3 is 5.97 Å². The summed E-state index contributed by atoms with van der Waals surface area (Å²) in [7, 11) is -3.67. The predicted octanol–water partition coefficient (Wildman–Crippen LogP) is 2.64. The van der Waals surface area contributed by atoms with E-state index < -0.39 is 22.0 Å². The first kappa shape index (κ1) is 28.1. The average Bonchev–Trinajstić information content (AvgIpc) is 3.28. The fourth-order valence-corrected chi connectivity index (χ4v) is 4.94. The Morgan fingerprint density at radius 1 is 1.12 bits per heavy atom. The van der Waals surface area contributed by atoms with Crippen molar-refractivity contribution in [3.05, 3.63) is 94.4 Å². The summed E-state index contributed by atoms with van der Waals surface area (Å²) in [6.07, 6.45) is 3.77. The van der Waals surface area contributed by atoms with Gasteiger partial charge < -0.3 is 20.9 Å². The number of aryl methyl sites for hydroxylation is 1. The highest BCUT2D eigenvalue weighted by molar-refractivity contribution is 7.92. The molecule has 0 saturated carbocycles. The summed E-state index contributed by atoms with van der Waals surface area (Å²) in [5, 5.41) is 17.8. The second-order valence-electron chi connectivity index (χ2n) is 9.45. The van der Waals surface area contributed by atoms with E-state index >= 15 is 0 Å². The zero-order chi connectivity index (χ0) is 30.2. The normalized spacial score (nSPS) is 12.2. The number of benzene rings is 2. The molecule has 0 bridgehead atoms. The van der Waals surface area contributed by atoms with Crippen LogP contribution in [0.25, 0.3) is 11.2 Å². The lowest BCUT2D eigenvalue weighted by Crippen LogP contribution is -2.30. The van der Waals surface area contributed by atoms with E-state index in [4.69, 9.17) is 10.5 Å². The number of phenols is 1. The number of hydrogen-bond donors (Lipinski definition) is 4. The van der Waals surface area contributed by atoms with Gasteiger partial charge in [-0.2, -0.15) is 5.10 Å². The third kappa shape index (κ3) is 5.71. The second kappa shape index (κ2) is 10.9. The van der Waals surface area contributed by atoms with Crippen molar-refractivity contribution in [3.63, 3.8) is 0 Å². The van der Waals surface area contributed by atoms with Crippen molar-refractivity contribution >= 4 is 38.8 Å². The quantitative estimate of drug-likeness (QED) is 0.153. The topological polar surface area (TPSA) is 196 Å². The molecule has 216 valence electrons. The number of hydrogen-bond acceptors (Lipinski definition) is 11. The Morgan fingerprint density at radius 2 is 1.86 bits per heavy atom. The maximum absolute atomic E-state index is 13.7. The molecule has 1 unspecified atom stereocenters. The molecule has 0 aliphatic carbocycles. The molecule has 42 heavy (non-hydrogen) atoms. The molecular weight excluding hydrogens is 564 g/mol. The number of nitrogens with one attached hydrogen (secondary N) is 2. The summed E-state index contributed by atoms with van der Waals surface area (Å²) >= 11 is 0. The van der Waals surface area contributed by atoms with Gasteiger partial charge in [0.15, 0.2) is 5.82 Å². The molecule has 15 heteroatoms. The minimum absolute atomic E-state index is 0.00715. The van der Waals surface area contributed by atoms with Crippen LogP contribution in [0.15, 0.2) is 71.9 Å². The number of aromatic nitrogens is 5. The first-order valence-electron chi connectivity index (χ1n) is 12.5. The monoisotopic (exact) mass is 590 g/mol. The number of esters is 1. The molecule has 5 N–H and O–H groups in total. The number of carbonyl (C=O) groups excluding carboxylic acids is 1. The van der Waals surface area contributed by atoms with Crippen LogP contribution in [0.4, 0.5) is 17.3 Å². The number of anilines is 3. The van der Waals surface area contributed by atoms with Gasteiger partial charge in [0.05, 0.1) is 23.7 Å². The lowest BCUT2D eigenvalue weighted by atomic mass is 10.2. The molecule has 0 saturated heterocycles. The highest BCUT2D eigenvalue weighted by Crippen LogP contribution is 2.29. The molecule has 0 spiro atoms. The number of phenolic OH excluding ortho intramolecular Hbond substituents is 1. The Labute approximate surface area is 239 Å². The second-order valence-corrected chi connectivity index (χ2v) is 11.2. The van der Waals surface area contributed by atoms with Gasteiger partial charge in [0.25, 0.3) is 5.56 Å². The fourth-order valence-electron chi connectivity index (χ4n) is 4.39. The molecule has 2 aromatic carbocycles. The number of nitrogens with two attached hydrogens (primary N) is 1. The molecule has 0 aliphatic heterocycles. The molecule has 5 rings (SSSR count). The minimum atomic E-state index is -3.67. The van der Waals surface area contributed by atoms with Crippen LogP contribution in [-0.4, -0.2) is 49.9 Å². The smallest absolute Gasteiger partial charge is 0.351 e. The zero-order valence-corrected chi connectivity index (χ0v) is 23.5. The number of sulfonamides is 1. The minimum Gasteiger partial charge on any atom is -0.508 e. The molecule has 14 nitrogen and oxygen atoms in total. The summed E-state index contributed by atoms with van der Waals surface area (Å²) in [5.41, 5.74) is 7.28. The van der Waals surface area contributed by atoms with Crippen molar-refractivity contribution in [2.24, 2.45) is 0 Å². The Kier molecular flexibility index (Phi) is 7.26. The number of fused-ring (bicyclic) bond motifs is 1. The lowest BCUT2D eigenvalue weighted by molar-refractivity contribution is 0.0736. The number of carbonyl (C=O) groups is 1. The van der Waals surface area contributed by atoms with Gasteiger partial charge in [-0.1, -0.05) is 18.2 Å². The van der Waals surface area contributed by atoms with E-state index in [0.29, 0.717) is 17.0 Å². The highest BCUT2D eigenvalue weighted by atomic mass is 32.2. The van der Waals surface area contributed by atoms with E-state index in [2.05, 4.69) is 25.1 Å². The summed E-state index contributed by atoms with van der Waals surface area (Å²) in [4.78, 5) is 35.0. The highest BCUT2D eigenvalue weighted by Gasteiger charge is 2.25. The van der Waals surface area contributed by atoms with Gasteiger partial charge in [-0.3, -0.25) is 14.1 Å². The Bertz CT molecular complexity index is 1990. The van der Waals surface area contributed by atoms with Gasteiger partial charge in [0.1, 0.15) is 40.5 Å². The molecule has 3 aromatic heterocycles. The number of nitrogen functional groups attached to an aromatic ring is 1. The standard InChI is InChI=1S/C27H26N8O6S/c1-15-9-10-34-22(15)26(37)35(18-7-5-4-6-8-18)25(32-34)16(2)31-24-21(23(28)29-14-30-24)27(38)41-20-12-17(11-19(36)13-20)33-42(3,39)40/h4-14,16,33,36H,1-3H3,(H3,28,29,30,31). The fraction of sp³-hybridized carbons (Fsp3) is 0.148. The van der Waals surface area contributed by atoms with Crippen LogP contribution in [0.2, 0.25) is 0 Å². The average molecular weight is 591 g/mol. The molecule has 3 heterocycles. The number of ether oxygens (including phenoxy) is 1. The Hall–Kier alpha value is -5.44. The summed E-state index contributed by atoms with van der Waals surface area (Å²) in [6, 6.07) is 13.6. The van der Waals surface area contributed by atoms with E-state index in [9.17, 15) is 23.1 Å². The lowest BCUT2D eigenvalue weighted by Gasteiger charge is -2.21. The van der Waals surface area contributed by atoms with Crippen LogP contribution in [0.3, 0.4) is 0 Å². The molecular formula is C27H26N8O6S. The number of aromatic hydroxyl groups is 1. The number of nitrogens with zero attached hydrogens (tertiary/aromatic N) is 5. The Balaban J connectivity index is 1.52. The number of para-hydroxylation sites is 1. The van der Waals surface area contributed by atoms with Gasteiger partial charge in [0, 0.05) is 24.4 Å². The van der Waals surface area contributed by atoms with E-state index in [-0.39, 0.29) is 39.9 Å². The van der Waals surface area contributed by atoms with Crippen LogP contribution < -0.4 is 26.1 Å². The largest absolute Gasteiger partial charge is 0.508 e. The van der Waals surface area contributed by atoms with Gasteiger partial charge in [0.2, 0.25) is 10.0 Å². The third-order valence-corrected chi connectivity index (χ3v) is 6.76. The van der Waals surface area contributed by atoms with Crippen molar-refractivity contribution in [3.8, 4) is 17.2 Å². The molecule has 1 atom stereocenters. The van der Waals surface area contributed by atoms with E-state index in [0.717, 1.165) is 30.3 Å². The van der Waals surface area contributed by atoms with E-state index in [1.165, 1.54) is 15.1 Å². The predicted molar refractivity (Wildman–Crippen MR) is 156 cm³/mol. The molecule has 0 radical (unpaired) electrons. The summed E-state index contributed by atoms with van der Waals surface area (Å²) in [5.74, 6) is -1.40. The maximum atomic E-state index is 13.7. The number of rotatable bonds is 8. The van der Waals surface area contributed by atoms with Crippen LogP contribution in [0.5, 0.6) is 11.5 Å². The molecule has 0 amide bonds. The first-order valence-corrected chi connectivity index (χ1v) is 14.4. The zero-order valence-electron chi connectivity index (χ0n) is 22.6. The first-order chi connectivity index (χ1) is 19.9. The summed E-state index contributed by atoms with van der Waals surface area (Å²) in [6.45, 7) is 3.55. The van der Waals surface area contributed by atoms with Crippen molar-refractivity contribution in [2.45, 2.75) is 19.9 Å². The van der Waals surface area contributed by atoms with Crippen molar-refractivity contribution < 1.29 is 23.1 Å². The van der Waals surface area contributed by atoms with Crippen molar-refractivity contribution in [2.75, 3.05) is 22.0 Å².